The zero-order valence-electron chi connectivity index (χ0n) is 16.8. The van der Waals surface area contributed by atoms with E-state index in [-0.39, 0.29) is 49.8 Å². The molecule has 2 amide bonds. The Morgan fingerprint density at radius 3 is 2.54 bits per heavy atom. The van der Waals surface area contributed by atoms with Crippen LogP contribution in [0.1, 0.15) is 45.1 Å². The van der Waals surface area contributed by atoms with E-state index in [9.17, 15) is 14.4 Å². The number of hydrogen-bond acceptors (Lipinski definition) is 5. The van der Waals surface area contributed by atoms with Crippen LogP contribution in [0.4, 0.5) is 0 Å². The van der Waals surface area contributed by atoms with Gasteiger partial charge in [0.25, 0.3) is 0 Å². The molecule has 28 heavy (non-hydrogen) atoms. The quantitative estimate of drug-likeness (QED) is 0.594. The van der Waals surface area contributed by atoms with Crippen LogP contribution in [0.25, 0.3) is 0 Å². The lowest BCUT2D eigenvalue weighted by Gasteiger charge is -2.27. The van der Waals surface area contributed by atoms with E-state index in [2.05, 4.69) is 29.4 Å². The second kappa shape index (κ2) is 11.4. The number of carbonyl (C=O) groups is 3. The van der Waals surface area contributed by atoms with Crippen molar-refractivity contribution in [3.8, 4) is 0 Å². The molecule has 0 unspecified atom stereocenters. The monoisotopic (exact) mass is 389 g/mol. The van der Waals surface area contributed by atoms with E-state index in [4.69, 9.17) is 4.74 Å². The first-order valence-corrected chi connectivity index (χ1v) is 9.97. The minimum Gasteiger partial charge on any atom is -0.461 e. The Morgan fingerprint density at radius 2 is 1.82 bits per heavy atom. The highest BCUT2D eigenvalue weighted by atomic mass is 16.5. The van der Waals surface area contributed by atoms with E-state index in [1.165, 1.54) is 0 Å². The Bertz CT molecular complexity index is 648. The molecule has 0 spiro atoms. The molecular weight excluding hydrogens is 358 g/mol. The van der Waals surface area contributed by atoms with Gasteiger partial charge in [0.15, 0.2) is 0 Å². The van der Waals surface area contributed by atoms with E-state index in [0.29, 0.717) is 12.6 Å². The van der Waals surface area contributed by atoms with Gasteiger partial charge in [-0.25, -0.2) is 0 Å². The molecule has 2 rings (SSSR count). The van der Waals surface area contributed by atoms with Crippen molar-refractivity contribution in [2.75, 3.05) is 19.6 Å². The number of esters is 1. The van der Waals surface area contributed by atoms with E-state index in [0.717, 1.165) is 24.9 Å². The van der Waals surface area contributed by atoms with Gasteiger partial charge in [-0.05, 0) is 38.8 Å². The average molecular weight is 389 g/mol. The molecular formula is C21H31N3O4. The van der Waals surface area contributed by atoms with Gasteiger partial charge < -0.3 is 15.4 Å². The summed E-state index contributed by atoms with van der Waals surface area (Å²) in [6.45, 7) is 5.87. The van der Waals surface area contributed by atoms with Crippen molar-refractivity contribution in [3.05, 3.63) is 35.9 Å². The molecule has 0 bridgehead atoms. The highest BCUT2D eigenvalue weighted by Crippen LogP contribution is 2.19. The fourth-order valence-corrected chi connectivity index (χ4v) is 3.31. The van der Waals surface area contributed by atoms with Crippen LogP contribution in [-0.4, -0.2) is 54.4 Å². The third kappa shape index (κ3) is 7.31. The van der Waals surface area contributed by atoms with E-state index in [1.807, 2.05) is 30.3 Å². The maximum Gasteiger partial charge on any atom is 0.307 e. The van der Waals surface area contributed by atoms with Crippen LogP contribution in [0.3, 0.4) is 0 Å². The lowest BCUT2D eigenvalue weighted by Crippen LogP contribution is -2.46. The van der Waals surface area contributed by atoms with Crippen molar-refractivity contribution in [1.29, 1.82) is 0 Å². The molecule has 0 aromatic heterocycles. The highest BCUT2D eigenvalue weighted by molar-refractivity contribution is 5.83. The number of nitrogens with zero attached hydrogens (tertiary/aromatic N) is 1. The summed E-state index contributed by atoms with van der Waals surface area (Å²) in [5, 5.41) is 5.53. The van der Waals surface area contributed by atoms with Gasteiger partial charge in [-0.3, -0.25) is 19.3 Å². The fraction of sp³-hybridized carbons (Fsp3) is 0.571. The number of rotatable bonds is 10. The molecule has 1 aromatic carbocycles. The van der Waals surface area contributed by atoms with Crippen LogP contribution in [0.2, 0.25) is 0 Å². The Balaban J connectivity index is 1.55. The Kier molecular flexibility index (Phi) is 8.94. The summed E-state index contributed by atoms with van der Waals surface area (Å²) in [7, 11) is 0. The maximum absolute atomic E-state index is 12.3. The average Bonchev–Trinajstić information content (AvgIpc) is 3.17. The molecule has 0 radical (unpaired) electrons. The number of ether oxygens (including phenoxy) is 1. The van der Waals surface area contributed by atoms with Crippen molar-refractivity contribution in [2.24, 2.45) is 0 Å². The molecule has 1 aliphatic rings. The molecule has 1 aliphatic heterocycles. The van der Waals surface area contributed by atoms with Gasteiger partial charge >= 0.3 is 5.97 Å². The molecule has 0 aliphatic carbocycles. The normalized spacial score (nSPS) is 16.8. The Hall–Kier alpha value is -2.41. The first kappa shape index (κ1) is 21.9. The summed E-state index contributed by atoms with van der Waals surface area (Å²) < 4.78 is 5.16. The molecule has 1 heterocycles. The van der Waals surface area contributed by atoms with Gasteiger partial charge in [0.1, 0.15) is 6.61 Å². The summed E-state index contributed by atoms with van der Waals surface area (Å²) in [6, 6.07) is 9.68. The summed E-state index contributed by atoms with van der Waals surface area (Å²) in [4.78, 5) is 38.0. The Morgan fingerprint density at radius 1 is 1.11 bits per heavy atom. The second-order valence-electron chi connectivity index (χ2n) is 7.28. The van der Waals surface area contributed by atoms with Crippen LogP contribution in [0.15, 0.2) is 30.3 Å². The molecule has 1 aromatic rings. The van der Waals surface area contributed by atoms with E-state index < -0.39 is 0 Å². The van der Waals surface area contributed by atoms with Gasteiger partial charge in [0.05, 0.1) is 12.5 Å². The van der Waals surface area contributed by atoms with Crippen LogP contribution < -0.4 is 10.6 Å². The summed E-state index contributed by atoms with van der Waals surface area (Å²) in [5.41, 5.74) is 0.925. The first-order valence-electron chi connectivity index (χ1n) is 9.97. The summed E-state index contributed by atoms with van der Waals surface area (Å²) >= 11 is 0. The van der Waals surface area contributed by atoms with Crippen molar-refractivity contribution < 1.29 is 19.1 Å². The number of amides is 2. The van der Waals surface area contributed by atoms with Crippen LogP contribution >= 0.6 is 0 Å². The van der Waals surface area contributed by atoms with Gasteiger partial charge in [-0.2, -0.15) is 0 Å². The predicted octanol–water partition coefficient (Wildman–Crippen LogP) is 1.62. The lowest BCUT2D eigenvalue weighted by molar-refractivity contribution is -0.144. The molecule has 0 saturated carbocycles. The number of hydrogen-bond donors (Lipinski definition) is 2. The number of carbonyl (C=O) groups excluding carboxylic acids is 3. The molecule has 2 N–H and O–H groups in total. The minimum absolute atomic E-state index is 0.0107. The van der Waals surface area contributed by atoms with Gasteiger partial charge in [-0.15, -0.1) is 0 Å². The smallest absolute Gasteiger partial charge is 0.307 e. The first-order chi connectivity index (χ1) is 13.5. The number of benzene rings is 1. The highest BCUT2D eigenvalue weighted by Gasteiger charge is 2.31. The molecule has 154 valence electrons. The van der Waals surface area contributed by atoms with Crippen molar-refractivity contribution >= 4 is 17.8 Å². The summed E-state index contributed by atoms with van der Waals surface area (Å²) in [6.07, 6.45) is 2.20. The number of nitrogens with one attached hydrogen (secondary N) is 2. The SMILES string of the molecule is CC(C)N1CCC[C@H]1C(=O)NCCC(=O)NCCC(=O)OCc1ccccc1. The third-order valence-corrected chi connectivity index (χ3v) is 4.81. The van der Waals surface area contributed by atoms with Crippen LogP contribution in [-0.2, 0) is 25.7 Å². The summed E-state index contributed by atoms with van der Waals surface area (Å²) in [5.74, 6) is -0.556. The van der Waals surface area contributed by atoms with Gasteiger partial charge in [0, 0.05) is 25.6 Å². The van der Waals surface area contributed by atoms with Crippen molar-refractivity contribution in [3.63, 3.8) is 0 Å². The number of likely N-dealkylation sites (tertiary alicyclic amines) is 1. The molecule has 1 saturated heterocycles. The third-order valence-electron chi connectivity index (χ3n) is 4.81. The van der Waals surface area contributed by atoms with Crippen molar-refractivity contribution in [2.45, 2.75) is 58.2 Å². The second-order valence-corrected chi connectivity index (χ2v) is 7.28. The topological polar surface area (TPSA) is 87.7 Å². The molecule has 1 fully saturated rings. The maximum atomic E-state index is 12.3. The van der Waals surface area contributed by atoms with Crippen LogP contribution in [0.5, 0.6) is 0 Å². The molecule has 1 atom stereocenters. The molecule has 7 heteroatoms. The van der Waals surface area contributed by atoms with Crippen molar-refractivity contribution in [1.82, 2.24) is 15.5 Å². The minimum atomic E-state index is -0.354. The molecule has 7 nitrogen and oxygen atoms in total. The van der Waals surface area contributed by atoms with E-state index in [1.54, 1.807) is 0 Å². The predicted molar refractivity (Wildman–Crippen MR) is 106 cm³/mol. The fourth-order valence-electron chi connectivity index (χ4n) is 3.31. The zero-order valence-corrected chi connectivity index (χ0v) is 16.8. The zero-order chi connectivity index (χ0) is 20.4. The standard InChI is InChI=1S/C21H31N3O4/c1-16(2)24-14-6-9-18(24)21(27)23-12-10-19(25)22-13-11-20(26)28-15-17-7-4-3-5-8-17/h3-5,7-8,16,18H,6,9-15H2,1-2H3,(H,22,25)(H,23,27)/t18-/m0/s1. The van der Waals surface area contributed by atoms with Gasteiger partial charge in [-0.1, -0.05) is 30.3 Å². The van der Waals surface area contributed by atoms with Gasteiger partial charge in [0.2, 0.25) is 11.8 Å². The lowest BCUT2D eigenvalue weighted by atomic mass is 10.2. The Labute approximate surface area is 166 Å². The van der Waals surface area contributed by atoms with E-state index >= 15 is 0 Å². The van der Waals surface area contributed by atoms with Crippen LogP contribution in [0, 0.1) is 0 Å². The largest absolute Gasteiger partial charge is 0.461 e.